The number of nitriles is 1. The molecule has 8 heteroatoms. The number of hydrogen-bond acceptors (Lipinski definition) is 5. The molecule has 0 unspecified atom stereocenters. The molecule has 1 fully saturated rings. The molecule has 1 aromatic heterocycles. The molecule has 32 heavy (non-hydrogen) atoms. The predicted octanol–water partition coefficient (Wildman–Crippen LogP) is 3.26. The number of benzene rings is 2. The van der Waals surface area contributed by atoms with Gasteiger partial charge in [-0.05, 0) is 56.2 Å². The normalized spacial score (nSPS) is 17.3. The van der Waals surface area contributed by atoms with Crippen LogP contribution in [0.15, 0.2) is 53.6 Å². The maximum atomic E-state index is 13.4. The molecule has 164 valence electrons. The third-order valence-electron chi connectivity index (χ3n) is 5.90. The molecule has 2 aromatic carbocycles. The molecule has 1 amide bonds. The Hall–Kier alpha value is -3.28. The molecule has 1 aliphatic rings. The minimum atomic E-state index is -3.76. The number of amides is 1. The average molecular weight is 449 g/mol. The van der Waals surface area contributed by atoms with Gasteiger partial charge in [0.15, 0.2) is 0 Å². The zero-order valence-corrected chi connectivity index (χ0v) is 19.1. The zero-order valence-electron chi connectivity index (χ0n) is 18.2. The number of nitrogens with zero attached hydrogens (tertiary/aromatic N) is 4. The third-order valence-corrected chi connectivity index (χ3v) is 8.07. The van der Waals surface area contributed by atoms with Crippen molar-refractivity contribution < 1.29 is 13.2 Å². The van der Waals surface area contributed by atoms with E-state index in [0.29, 0.717) is 27.8 Å². The first-order chi connectivity index (χ1) is 15.2. The zero-order chi connectivity index (χ0) is 23.0. The summed E-state index contributed by atoms with van der Waals surface area (Å²) in [5, 5.41) is 10.0. The van der Waals surface area contributed by atoms with Crippen molar-refractivity contribution in [2.75, 3.05) is 19.6 Å². The Morgan fingerprint density at radius 1 is 1.12 bits per heavy atom. The summed E-state index contributed by atoms with van der Waals surface area (Å²) in [7, 11) is -3.76. The van der Waals surface area contributed by atoms with Gasteiger partial charge in [-0.15, -0.1) is 0 Å². The van der Waals surface area contributed by atoms with E-state index < -0.39 is 10.0 Å². The highest BCUT2D eigenvalue weighted by atomic mass is 32.2. The molecule has 0 spiro atoms. The maximum Gasteiger partial charge on any atom is 0.256 e. The second kappa shape index (κ2) is 8.34. The quantitative estimate of drug-likeness (QED) is 0.613. The highest BCUT2D eigenvalue weighted by Gasteiger charge is 2.36. The van der Waals surface area contributed by atoms with E-state index in [2.05, 4.69) is 11.1 Å². The van der Waals surface area contributed by atoms with Gasteiger partial charge in [-0.1, -0.05) is 18.2 Å². The Morgan fingerprint density at radius 3 is 2.47 bits per heavy atom. The van der Waals surface area contributed by atoms with E-state index in [1.807, 2.05) is 31.2 Å². The Labute approximate surface area is 188 Å². The topological polar surface area (TPSA) is 94.4 Å². The van der Waals surface area contributed by atoms with E-state index in [0.717, 1.165) is 5.39 Å². The highest BCUT2D eigenvalue weighted by Crippen LogP contribution is 2.28. The number of carbonyl (C=O) groups excluding carboxylic acids is 1. The Balaban J connectivity index is 1.60. The van der Waals surface area contributed by atoms with Gasteiger partial charge in [-0.3, -0.25) is 9.78 Å². The summed E-state index contributed by atoms with van der Waals surface area (Å²) in [6.45, 7) is 5.96. The van der Waals surface area contributed by atoms with Crippen molar-refractivity contribution in [1.29, 1.82) is 5.26 Å². The summed E-state index contributed by atoms with van der Waals surface area (Å²) in [5.74, 6) is -0.149. The lowest BCUT2D eigenvalue weighted by Crippen LogP contribution is -2.55. The van der Waals surface area contributed by atoms with E-state index >= 15 is 0 Å². The summed E-state index contributed by atoms with van der Waals surface area (Å²) in [4.78, 5) is 19.6. The number of pyridine rings is 1. The van der Waals surface area contributed by atoms with Gasteiger partial charge in [0.1, 0.15) is 0 Å². The molecule has 1 aliphatic heterocycles. The van der Waals surface area contributed by atoms with Crippen LogP contribution in [-0.4, -0.2) is 54.2 Å². The van der Waals surface area contributed by atoms with E-state index in [-0.39, 0.29) is 36.5 Å². The fraction of sp³-hybridized carbons (Fsp3) is 0.292. The van der Waals surface area contributed by atoms with Crippen molar-refractivity contribution in [2.24, 2.45) is 0 Å². The number of aromatic nitrogens is 1. The summed E-state index contributed by atoms with van der Waals surface area (Å²) in [5.41, 5.74) is 2.70. The highest BCUT2D eigenvalue weighted by molar-refractivity contribution is 7.89. The van der Waals surface area contributed by atoms with Crippen LogP contribution >= 0.6 is 0 Å². The minimum Gasteiger partial charge on any atom is -0.333 e. The average Bonchev–Trinajstić information content (AvgIpc) is 2.77. The molecular formula is C24H24N4O3S. The lowest BCUT2D eigenvalue weighted by Gasteiger charge is -2.39. The van der Waals surface area contributed by atoms with Crippen LogP contribution in [0.25, 0.3) is 10.9 Å². The van der Waals surface area contributed by atoms with Gasteiger partial charge in [-0.25, -0.2) is 8.42 Å². The molecule has 0 N–H and O–H groups in total. The van der Waals surface area contributed by atoms with Crippen LogP contribution in [0.2, 0.25) is 0 Å². The summed E-state index contributed by atoms with van der Waals surface area (Å²) in [6.07, 6.45) is 1.66. The molecule has 0 aliphatic carbocycles. The number of rotatable bonds is 3. The van der Waals surface area contributed by atoms with Gasteiger partial charge >= 0.3 is 0 Å². The Kier molecular flexibility index (Phi) is 5.71. The van der Waals surface area contributed by atoms with E-state index in [9.17, 15) is 13.2 Å². The standard InChI is InChI=1S/C24H24N4O3S/c1-16-12-19(14-25)13-17(2)23(16)32(30,31)27-10-11-28(18(3)15-27)24(29)21-8-4-6-20-7-5-9-26-22(20)21/h4-9,12-13,18H,10-11,15H2,1-3H3/t18-/m0/s1. The molecular weight excluding hydrogens is 424 g/mol. The van der Waals surface area contributed by atoms with Crippen LogP contribution in [-0.2, 0) is 10.0 Å². The molecule has 3 aromatic rings. The molecule has 1 saturated heterocycles. The van der Waals surface area contributed by atoms with Crippen molar-refractivity contribution in [2.45, 2.75) is 31.7 Å². The number of fused-ring (bicyclic) bond motifs is 1. The molecule has 0 saturated carbocycles. The van der Waals surface area contributed by atoms with Crippen LogP contribution in [0.4, 0.5) is 0 Å². The van der Waals surface area contributed by atoms with Crippen molar-refractivity contribution in [1.82, 2.24) is 14.2 Å². The predicted molar refractivity (Wildman–Crippen MR) is 122 cm³/mol. The van der Waals surface area contributed by atoms with Crippen molar-refractivity contribution in [3.63, 3.8) is 0 Å². The molecule has 1 atom stereocenters. The number of para-hydroxylation sites is 1. The monoisotopic (exact) mass is 448 g/mol. The molecule has 0 radical (unpaired) electrons. The van der Waals surface area contributed by atoms with Crippen LogP contribution < -0.4 is 0 Å². The largest absolute Gasteiger partial charge is 0.333 e. The first-order valence-electron chi connectivity index (χ1n) is 10.4. The fourth-order valence-corrected chi connectivity index (χ4v) is 6.35. The van der Waals surface area contributed by atoms with Crippen molar-refractivity contribution in [3.05, 3.63) is 70.9 Å². The van der Waals surface area contributed by atoms with Crippen molar-refractivity contribution >= 4 is 26.8 Å². The number of hydrogen-bond donors (Lipinski definition) is 0. The van der Waals surface area contributed by atoms with Gasteiger partial charge in [0.2, 0.25) is 10.0 Å². The van der Waals surface area contributed by atoms with E-state index in [4.69, 9.17) is 5.26 Å². The van der Waals surface area contributed by atoms with Crippen LogP contribution in [0.5, 0.6) is 0 Å². The summed E-state index contributed by atoms with van der Waals surface area (Å²) in [6, 6.07) is 14.2. The fourth-order valence-electron chi connectivity index (χ4n) is 4.43. The first-order valence-corrected chi connectivity index (χ1v) is 11.8. The second-order valence-corrected chi connectivity index (χ2v) is 10.0. The SMILES string of the molecule is Cc1cc(C#N)cc(C)c1S(=O)(=O)N1CCN(C(=O)c2cccc3cccnc23)[C@@H](C)C1. The summed E-state index contributed by atoms with van der Waals surface area (Å²) >= 11 is 0. The van der Waals surface area contributed by atoms with Crippen LogP contribution in [0.3, 0.4) is 0 Å². The summed E-state index contributed by atoms with van der Waals surface area (Å²) < 4.78 is 28.3. The maximum absolute atomic E-state index is 13.4. The second-order valence-electron chi connectivity index (χ2n) is 8.14. The van der Waals surface area contributed by atoms with Crippen LogP contribution in [0, 0.1) is 25.2 Å². The van der Waals surface area contributed by atoms with E-state index in [1.54, 1.807) is 43.1 Å². The Bertz CT molecular complexity index is 1330. The molecule has 0 bridgehead atoms. The van der Waals surface area contributed by atoms with Gasteiger partial charge < -0.3 is 4.90 Å². The lowest BCUT2D eigenvalue weighted by atomic mass is 10.1. The Morgan fingerprint density at radius 2 is 1.81 bits per heavy atom. The number of carbonyl (C=O) groups is 1. The van der Waals surface area contributed by atoms with Gasteiger partial charge in [0.25, 0.3) is 5.91 Å². The van der Waals surface area contributed by atoms with Gasteiger partial charge in [-0.2, -0.15) is 9.57 Å². The van der Waals surface area contributed by atoms with Crippen LogP contribution in [0.1, 0.15) is 34.0 Å². The molecule has 2 heterocycles. The van der Waals surface area contributed by atoms with Gasteiger partial charge in [0, 0.05) is 37.3 Å². The molecule has 4 rings (SSSR count). The smallest absolute Gasteiger partial charge is 0.256 e. The number of sulfonamides is 1. The minimum absolute atomic E-state index is 0.149. The van der Waals surface area contributed by atoms with E-state index in [1.165, 1.54) is 4.31 Å². The van der Waals surface area contributed by atoms with Gasteiger partial charge in [0.05, 0.1) is 27.6 Å². The number of aryl methyl sites for hydroxylation is 2. The lowest BCUT2D eigenvalue weighted by molar-refractivity contribution is 0.0593. The molecule has 7 nitrogen and oxygen atoms in total. The number of piperazine rings is 1. The third kappa shape index (κ3) is 3.74. The van der Waals surface area contributed by atoms with Crippen molar-refractivity contribution in [3.8, 4) is 6.07 Å². The first kappa shape index (κ1) is 21.9.